The van der Waals surface area contributed by atoms with Crippen LogP contribution in [0.2, 0.25) is 0 Å². The molecule has 0 saturated carbocycles. The second-order valence-electron chi connectivity index (χ2n) is 4.76. The van der Waals surface area contributed by atoms with Gasteiger partial charge in [-0.1, -0.05) is 24.3 Å². The normalized spacial score (nSPS) is 17.4. The van der Waals surface area contributed by atoms with E-state index in [-0.39, 0.29) is 11.9 Å². The van der Waals surface area contributed by atoms with Crippen LogP contribution in [-0.4, -0.2) is 16.9 Å². The second kappa shape index (κ2) is 5.73. The number of carbonyl (C=O) groups is 1. The SMILES string of the molecule is O=C(Nc1ccc(Br)cn1)[C@@H]1Cc2ccccc2CN1. The summed E-state index contributed by atoms with van der Waals surface area (Å²) in [7, 11) is 0. The average molecular weight is 332 g/mol. The molecule has 2 N–H and O–H groups in total. The summed E-state index contributed by atoms with van der Waals surface area (Å²) in [6, 6.07) is 11.6. The zero-order valence-corrected chi connectivity index (χ0v) is 12.4. The fourth-order valence-electron chi connectivity index (χ4n) is 2.30. The first-order valence-corrected chi connectivity index (χ1v) is 7.24. The summed E-state index contributed by atoms with van der Waals surface area (Å²) in [4.78, 5) is 16.4. The quantitative estimate of drug-likeness (QED) is 0.888. The number of anilines is 1. The number of hydrogen-bond acceptors (Lipinski definition) is 3. The van der Waals surface area contributed by atoms with Crippen LogP contribution in [0.1, 0.15) is 11.1 Å². The van der Waals surface area contributed by atoms with Gasteiger partial charge in [0.25, 0.3) is 0 Å². The molecule has 1 aromatic heterocycles. The second-order valence-corrected chi connectivity index (χ2v) is 5.67. The molecule has 5 heteroatoms. The summed E-state index contributed by atoms with van der Waals surface area (Å²) in [5.41, 5.74) is 2.49. The Morgan fingerprint density at radius 3 is 2.80 bits per heavy atom. The molecule has 0 fully saturated rings. The van der Waals surface area contributed by atoms with Gasteiger partial charge in [-0.05, 0) is 45.6 Å². The van der Waals surface area contributed by atoms with Crippen molar-refractivity contribution in [2.24, 2.45) is 0 Å². The van der Waals surface area contributed by atoms with Crippen molar-refractivity contribution in [2.45, 2.75) is 19.0 Å². The Kier molecular flexibility index (Phi) is 3.80. The molecule has 1 aliphatic heterocycles. The largest absolute Gasteiger partial charge is 0.309 e. The Hall–Kier alpha value is -1.72. The van der Waals surface area contributed by atoms with Crippen molar-refractivity contribution >= 4 is 27.7 Å². The van der Waals surface area contributed by atoms with E-state index in [0.717, 1.165) is 11.0 Å². The van der Waals surface area contributed by atoms with Crippen LogP contribution in [0.3, 0.4) is 0 Å². The molecule has 102 valence electrons. The lowest BCUT2D eigenvalue weighted by Crippen LogP contribution is -2.44. The molecular formula is C15H14BrN3O. The molecule has 20 heavy (non-hydrogen) atoms. The van der Waals surface area contributed by atoms with E-state index >= 15 is 0 Å². The van der Waals surface area contributed by atoms with Gasteiger partial charge in [0.05, 0.1) is 6.04 Å². The van der Waals surface area contributed by atoms with Gasteiger partial charge in [-0.25, -0.2) is 4.98 Å². The highest BCUT2D eigenvalue weighted by Gasteiger charge is 2.23. The number of nitrogens with zero attached hydrogens (tertiary/aromatic N) is 1. The first-order chi connectivity index (χ1) is 9.72. The summed E-state index contributed by atoms with van der Waals surface area (Å²) in [5, 5.41) is 6.09. The first-order valence-electron chi connectivity index (χ1n) is 6.45. The number of halogens is 1. The third kappa shape index (κ3) is 2.89. The molecule has 0 unspecified atom stereocenters. The minimum absolute atomic E-state index is 0.0469. The van der Waals surface area contributed by atoms with Crippen molar-refractivity contribution in [3.8, 4) is 0 Å². The predicted octanol–water partition coefficient (Wildman–Crippen LogP) is 2.50. The van der Waals surface area contributed by atoms with Crippen LogP contribution in [0.25, 0.3) is 0 Å². The number of benzene rings is 1. The Labute approximate surface area is 125 Å². The van der Waals surface area contributed by atoms with Crippen molar-refractivity contribution in [2.75, 3.05) is 5.32 Å². The van der Waals surface area contributed by atoms with Crippen LogP contribution >= 0.6 is 15.9 Å². The topological polar surface area (TPSA) is 54.0 Å². The van der Waals surface area contributed by atoms with Crippen LogP contribution in [0.4, 0.5) is 5.82 Å². The van der Waals surface area contributed by atoms with E-state index in [1.165, 1.54) is 11.1 Å². The molecule has 0 bridgehead atoms. The van der Waals surface area contributed by atoms with Gasteiger partial charge in [-0.2, -0.15) is 0 Å². The van der Waals surface area contributed by atoms with Gasteiger partial charge in [-0.15, -0.1) is 0 Å². The maximum atomic E-state index is 12.2. The van der Waals surface area contributed by atoms with Crippen molar-refractivity contribution in [1.29, 1.82) is 0 Å². The predicted molar refractivity (Wildman–Crippen MR) is 81.3 cm³/mol. The Morgan fingerprint density at radius 2 is 2.05 bits per heavy atom. The lowest BCUT2D eigenvalue weighted by atomic mass is 9.95. The van der Waals surface area contributed by atoms with Crippen LogP contribution < -0.4 is 10.6 Å². The van der Waals surface area contributed by atoms with Crippen LogP contribution in [0, 0.1) is 0 Å². The standard InChI is InChI=1S/C15H14BrN3O/c16-12-5-6-14(18-9-12)19-15(20)13-7-10-3-1-2-4-11(10)8-17-13/h1-6,9,13,17H,7-8H2,(H,18,19,20)/t13-/m0/s1. The summed E-state index contributed by atoms with van der Waals surface area (Å²) in [6.45, 7) is 0.724. The molecule has 2 aromatic rings. The first kappa shape index (κ1) is 13.3. The minimum atomic E-state index is -0.213. The van der Waals surface area contributed by atoms with Gasteiger partial charge < -0.3 is 10.6 Å². The molecule has 0 saturated heterocycles. The summed E-state index contributed by atoms with van der Waals surface area (Å²) in [5.74, 6) is 0.521. The molecule has 1 atom stereocenters. The van der Waals surface area contributed by atoms with Gasteiger partial charge in [0.1, 0.15) is 5.82 Å². The maximum absolute atomic E-state index is 12.2. The number of carbonyl (C=O) groups excluding carboxylic acids is 1. The zero-order valence-electron chi connectivity index (χ0n) is 10.8. The summed E-state index contributed by atoms with van der Waals surface area (Å²) < 4.78 is 0.889. The van der Waals surface area contributed by atoms with E-state index in [1.807, 2.05) is 18.2 Å². The lowest BCUT2D eigenvalue weighted by Gasteiger charge is -2.25. The molecule has 0 spiro atoms. The van der Waals surface area contributed by atoms with Crippen LogP contribution in [0.15, 0.2) is 47.1 Å². The van der Waals surface area contributed by atoms with Gasteiger partial charge >= 0.3 is 0 Å². The Balaban J connectivity index is 1.68. The third-order valence-electron chi connectivity index (χ3n) is 3.38. The molecule has 0 aliphatic carbocycles. The highest BCUT2D eigenvalue weighted by Crippen LogP contribution is 2.17. The molecule has 1 aliphatic rings. The number of pyridine rings is 1. The summed E-state index contributed by atoms with van der Waals surface area (Å²) in [6.07, 6.45) is 2.37. The van der Waals surface area contributed by atoms with E-state index in [2.05, 4.69) is 43.7 Å². The fourth-order valence-corrected chi connectivity index (χ4v) is 2.54. The van der Waals surface area contributed by atoms with E-state index in [0.29, 0.717) is 12.2 Å². The van der Waals surface area contributed by atoms with Gasteiger partial charge in [0, 0.05) is 17.2 Å². The summed E-state index contributed by atoms with van der Waals surface area (Å²) >= 11 is 3.32. The van der Waals surface area contributed by atoms with Crippen molar-refractivity contribution in [3.63, 3.8) is 0 Å². The molecule has 3 rings (SSSR count). The third-order valence-corrected chi connectivity index (χ3v) is 3.85. The fraction of sp³-hybridized carbons (Fsp3) is 0.200. The molecule has 1 amide bonds. The van der Waals surface area contributed by atoms with E-state index < -0.39 is 0 Å². The average Bonchev–Trinajstić information content (AvgIpc) is 2.49. The molecule has 2 heterocycles. The number of amides is 1. The lowest BCUT2D eigenvalue weighted by molar-refractivity contribution is -0.118. The van der Waals surface area contributed by atoms with E-state index in [1.54, 1.807) is 12.3 Å². The van der Waals surface area contributed by atoms with Gasteiger partial charge in [-0.3, -0.25) is 4.79 Å². The highest BCUT2D eigenvalue weighted by molar-refractivity contribution is 9.10. The van der Waals surface area contributed by atoms with Gasteiger partial charge in [0.2, 0.25) is 5.91 Å². The number of fused-ring (bicyclic) bond motifs is 1. The van der Waals surface area contributed by atoms with Crippen LogP contribution in [-0.2, 0) is 17.8 Å². The highest BCUT2D eigenvalue weighted by atomic mass is 79.9. The van der Waals surface area contributed by atoms with Crippen molar-refractivity contribution in [1.82, 2.24) is 10.3 Å². The number of rotatable bonds is 2. The smallest absolute Gasteiger partial charge is 0.243 e. The van der Waals surface area contributed by atoms with E-state index in [4.69, 9.17) is 0 Å². The number of hydrogen-bond donors (Lipinski definition) is 2. The minimum Gasteiger partial charge on any atom is -0.309 e. The molecule has 4 nitrogen and oxygen atoms in total. The van der Waals surface area contributed by atoms with Crippen molar-refractivity contribution < 1.29 is 4.79 Å². The Morgan fingerprint density at radius 1 is 1.25 bits per heavy atom. The van der Waals surface area contributed by atoms with Gasteiger partial charge in [0.15, 0.2) is 0 Å². The zero-order chi connectivity index (χ0) is 13.9. The number of aromatic nitrogens is 1. The van der Waals surface area contributed by atoms with Crippen molar-refractivity contribution in [3.05, 3.63) is 58.2 Å². The monoisotopic (exact) mass is 331 g/mol. The Bertz CT molecular complexity index is 627. The maximum Gasteiger partial charge on any atom is 0.243 e. The van der Waals surface area contributed by atoms with Crippen LogP contribution in [0.5, 0.6) is 0 Å². The van der Waals surface area contributed by atoms with E-state index in [9.17, 15) is 4.79 Å². The molecular weight excluding hydrogens is 318 g/mol. The molecule has 1 aromatic carbocycles. The number of nitrogens with one attached hydrogen (secondary N) is 2. The molecule has 0 radical (unpaired) electrons.